The van der Waals surface area contributed by atoms with Gasteiger partial charge in [0.25, 0.3) is 0 Å². The molecule has 2 aromatic rings. The lowest BCUT2D eigenvalue weighted by atomic mass is 10.2. The molecule has 5 heteroatoms. The fourth-order valence-corrected chi connectivity index (χ4v) is 1.55. The average Bonchev–Trinajstić information content (AvgIpc) is 2.35. The van der Waals surface area contributed by atoms with Crippen LogP contribution < -0.4 is 11.1 Å². The Labute approximate surface area is 102 Å². The van der Waals surface area contributed by atoms with Crippen LogP contribution >= 0.6 is 0 Å². The second-order valence-corrected chi connectivity index (χ2v) is 3.88. The molecule has 0 spiro atoms. The van der Waals surface area contributed by atoms with Gasteiger partial charge < -0.3 is 11.1 Å². The Kier molecular flexibility index (Phi) is 3.14. The normalized spacial score (nSPS) is 10.4. The lowest BCUT2D eigenvalue weighted by Crippen LogP contribution is -2.03. The summed E-state index contributed by atoms with van der Waals surface area (Å²) in [4.78, 5) is 0. The third-order valence-corrected chi connectivity index (χ3v) is 2.60. The van der Waals surface area contributed by atoms with Gasteiger partial charge in [0.2, 0.25) is 0 Å². The van der Waals surface area contributed by atoms with Gasteiger partial charge in [-0.3, -0.25) is 0 Å². The molecule has 94 valence electrons. The fraction of sp³-hybridized carbons (Fsp3) is 0.0769. The van der Waals surface area contributed by atoms with Crippen LogP contribution in [-0.2, 0) is 0 Å². The molecule has 3 N–H and O–H groups in total. The third kappa shape index (κ3) is 2.11. The molecule has 0 atom stereocenters. The van der Waals surface area contributed by atoms with Crippen LogP contribution in [0.4, 0.5) is 30.2 Å². The minimum absolute atomic E-state index is 0.124. The molecule has 0 radical (unpaired) electrons. The number of nitrogen functional groups attached to an aromatic ring is 1. The Balaban J connectivity index is 2.46. The van der Waals surface area contributed by atoms with E-state index in [0.29, 0.717) is 0 Å². The number of halogens is 3. The number of rotatable bonds is 2. The zero-order valence-electron chi connectivity index (χ0n) is 9.60. The van der Waals surface area contributed by atoms with Crippen molar-refractivity contribution in [3.8, 4) is 0 Å². The number of benzene rings is 2. The zero-order valence-corrected chi connectivity index (χ0v) is 9.60. The standard InChI is InChI=1S/C13H11F3N2/c1-7-5-6-9(15)13(11(7)16)18-10-4-2-3-8(14)12(10)17/h2-6,18H,17H2,1H3. The molecular weight excluding hydrogens is 241 g/mol. The van der Waals surface area contributed by atoms with Crippen molar-refractivity contribution in [3.63, 3.8) is 0 Å². The van der Waals surface area contributed by atoms with Gasteiger partial charge in [-0.2, -0.15) is 0 Å². The van der Waals surface area contributed by atoms with Gasteiger partial charge in [0.1, 0.15) is 17.3 Å². The number of hydrogen-bond acceptors (Lipinski definition) is 2. The van der Waals surface area contributed by atoms with Crippen LogP contribution in [0.1, 0.15) is 5.56 Å². The molecule has 0 heterocycles. The van der Waals surface area contributed by atoms with E-state index in [4.69, 9.17) is 5.73 Å². The molecule has 0 aliphatic carbocycles. The molecule has 0 saturated carbocycles. The molecule has 0 aromatic heterocycles. The van der Waals surface area contributed by atoms with Gasteiger partial charge in [-0.05, 0) is 30.7 Å². The maximum atomic E-state index is 13.7. The first-order valence-corrected chi connectivity index (χ1v) is 5.26. The van der Waals surface area contributed by atoms with Crippen molar-refractivity contribution < 1.29 is 13.2 Å². The van der Waals surface area contributed by atoms with Gasteiger partial charge in [0.15, 0.2) is 5.82 Å². The van der Waals surface area contributed by atoms with E-state index >= 15 is 0 Å². The molecular formula is C13H11F3N2. The van der Waals surface area contributed by atoms with Gasteiger partial charge >= 0.3 is 0 Å². The molecule has 2 aromatic carbocycles. The maximum absolute atomic E-state index is 13.7. The summed E-state index contributed by atoms with van der Waals surface area (Å²) in [5.74, 6) is -2.13. The van der Waals surface area contributed by atoms with E-state index in [-0.39, 0.29) is 22.6 Å². The van der Waals surface area contributed by atoms with E-state index in [2.05, 4.69) is 5.32 Å². The van der Waals surface area contributed by atoms with Crippen LogP contribution in [0.3, 0.4) is 0 Å². The predicted molar refractivity (Wildman–Crippen MR) is 65.2 cm³/mol. The molecule has 0 saturated heterocycles. The Morgan fingerprint density at radius 3 is 2.44 bits per heavy atom. The highest BCUT2D eigenvalue weighted by molar-refractivity contribution is 5.73. The number of anilines is 3. The molecule has 0 fully saturated rings. The summed E-state index contributed by atoms with van der Waals surface area (Å²) >= 11 is 0. The van der Waals surface area contributed by atoms with E-state index in [1.165, 1.54) is 31.2 Å². The van der Waals surface area contributed by atoms with Crippen molar-refractivity contribution in [1.29, 1.82) is 0 Å². The summed E-state index contributed by atoms with van der Waals surface area (Å²) < 4.78 is 40.5. The first-order chi connectivity index (χ1) is 8.50. The quantitative estimate of drug-likeness (QED) is 0.799. The van der Waals surface area contributed by atoms with Crippen LogP contribution in [0.2, 0.25) is 0 Å². The van der Waals surface area contributed by atoms with Crippen LogP contribution in [0.25, 0.3) is 0 Å². The lowest BCUT2D eigenvalue weighted by molar-refractivity contribution is 0.585. The number of nitrogens with one attached hydrogen (secondary N) is 1. The molecule has 0 aliphatic rings. The Hall–Kier alpha value is -2.17. The van der Waals surface area contributed by atoms with Gasteiger partial charge in [-0.15, -0.1) is 0 Å². The van der Waals surface area contributed by atoms with Gasteiger partial charge in [0, 0.05) is 0 Å². The van der Waals surface area contributed by atoms with Crippen molar-refractivity contribution in [3.05, 3.63) is 53.3 Å². The largest absolute Gasteiger partial charge is 0.395 e. The Morgan fingerprint density at radius 1 is 1.00 bits per heavy atom. The van der Waals surface area contributed by atoms with Crippen molar-refractivity contribution in [1.82, 2.24) is 0 Å². The SMILES string of the molecule is Cc1ccc(F)c(Nc2cccc(F)c2N)c1F. The molecule has 0 unspecified atom stereocenters. The van der Waals surface area contributed by atoms with Gasteiger partial charge in [-0.25, -0.2) is 13.2 Å². The molecule has 0 aliphatic heterocycles. The van der Waals surface area contributed by atoms with Crippen LogP contribution in [0, 0.1) is 24.4 Å². The highest BCUT2D eigenvalue weighted by atomic mass is 19.1. The first kappa shape index (κ1) is 12.3. The summed E-state index contributed by atoms with van der Waals surface area (Å²) in [5.41, 5.74) is 5.37. The average molecular weight is 252 g/mol. The molecule has 2 nitrogen and oxygen atoms in total. The highest BCUT2D eigenvalue weighted by Gasteiger charge is 2.13. The first-order valence-electron chi connectivity index (χ1n) is 5.26. The van der Waals surface area contributed by atoms with E-state index in [1.54, 1.807) is 0 Å². The van der Waals surface area contributed by atoms with Crippen LogP contribution in [0.5, 0.6) is 0 Å². The smallest absolute Gasteiger partial charge is 0.152 e. The summed E-state index contributed by atoms with van der Waals surface area (Å²) in [5, 5.41) is 2.48. The second kappa shape index (κ2) is 4.60. The van der Waals surface area contributed by atoms with E-state index < -0.39 is 17.5 Å². The maximum Gasteiger partial charge on any atom is 0.152 e. The van der Waals surface area contributed by atoms with Crippen molar-refractivity contribution >= 4 is 17.1 Å². The van der Waals surface area contributed by atoms with E-state index in [0.717, 1.165) is 6.07 Å². The van der Waals surface area contributed by atoms with Crippen LogP contribution in [0.15, 0.2) is 30.3 Å². The third-order valence-electron chi connectivity index (χ3n) is 2.60. The topological polar surface area (TPSA) is 38.0 Å². The minimum atomic E-state index is -0.762. The highest BCUT2D eigenvalue weighted by Crippen LogP contribution is 2.29. The van der Waals surface area contributed by atoms with Gasteiger partial charge in [-0.1, -0.05) is 12.1 Å². The van der Waals surface area contributed by atoms with Gasteiger partial charge in [0.05, 0.1) is 11.4 Å². The van der Waals surface area contributed by atoms with Crippen molar-refractivity contribution in [2.75, 3.05) is 11.1 Å². The summed E-state index contributed by atoms with van der Waals surface area (Å²) in [6.07, 6.45) is 0. The van der Waals surface area contributed by atoms with Crippen molar-refractivity contribution in [2.24, 2.45) is 0 Å². The number of nitrogens with two attached hydrogens (primary N) is 1. The second-order valence-electron chi connectivity index (χ2n) is 3.88. The van der Waals surface area contributed by atoms with Crippen LogP contribution in [-0.4, -0.2) is 0 Å². The fourth-order valence-electron chi connectivity index (χ4n) is 1.55. The molecule has 2 rings (SSSR count). The summed E-state index contributed by atoms with van der Waals surface area (Å²) in [6, 6.07) is 6.48. The molecule has 0 bridgehead atoms. The Morgan fingerprint density at radius 2 is 1.72 bits per heavy atom. The van der Waals surface area contributed by atoms with E-state index in [1.807, 2.05) is 0 Å². The number of aryl methyl sites for hydroxylation is 1. The monoisotopic (exact) mass is 252 g/mol. The predicted octanol–water partition coefficient (Wildman–Crippen LogP) is 3.74. The van der Waals surface area contributed by atoms with E-state index in [9.17, 15) is 13.2 Å². The van der Waals surface area contributed by atoms with Crippen molar-refractivity contribution in [2.45, 2.75) is 6.92 Å². The minimum Gasteiger partial charge on any atom is -0.395 e. The summed E-state index contributed by atoms with van der Waals surface area (Å²) in [6.45, 7) is 1.51. The Bertz CT molecular complexity index is 597. The lowest BCUT2D eigenvalue weighted by Gasteiger charge is -2.12. The summed E-state index contributed by atoms with van der Waals surface area (Å²) in [7, 11) is 0. The number of hydrogen-bond donors (Lipinski definition) is 2. The molecule has 18 heavy (non-hydrogen) atoms. The number of para-hydroxylation sites is 1. The molecule has 0 amide bonds. The zero-order chi connectivity index (χ0) is 13.3.